The largest absolute Gasteiger partial charge is 0.304 e. The fourth-order valence-corrected chi connectivity index (χ4v) is 3.10. The summed E-state index contributed by atoms with van der Waals surface area (Å²) in [6, 6.07) is 21.6. The highest BCUT2D eigenvalue weighted by Gasteiger charge is 2.15. The Hall–Kier alpha value is -2.72. The Bertz CT molecular complexity index is 871. The maximum Gasteiger partial charge on any atom is 0.269 e. The van der Waals surface area contributed by atoms with Crippen molar-refractivity contribution in [1.29, 1.82) is 0 Å². The van der Waals surface area contributed by atoms with Crippen molar-refractivity contribution in [3.8, 4) is 0 Å². The number of fused-ring (bicyclic) bond motifs is 1. The molecular weight excluding hydrogens is 300 g/mol. The summed E-state index contributed by atoms with van der Waals surface area (Å²) in [5.74, 6) is 0. The van der Waals surface area contributed by atoms with E-state index in [2.05, 4.69) is 42.6 Å². The van der Waals surface area contributed by atoms with Gasteiger partial charge in [-0.1, -0.05) is 54.6 Å². The summed E-state index contributed by atoms with van der Waals surface area (Å²) >= 11 is 0. The van der Waals surface area contributed by atoms with Gasteiger partial charge in [0.15, 0.2) is 0 Å². The van der Waals surface area contributed by atoms with E-state index in [0.29, 0.717) is 0 Å². The standard InChI is InChI=1S/C20H20N2O2/c1-14(17-9-5-10-18(13-17)22(23)24)21-15(2)19-12-6-8-16-7-3-4-11-20(16)19/h3-15,21H,1-2H3. The van der Waals surface area contributed by atoms with Crippen molar-refractivity contribution in [2.45, 2.75) is 25.9 Å². The van der Waals surface area contributed by atoms with Gasteiger partial charge in [0, 0.05) is 24.2 Å². The highest BCUT2D eigenvalue weighted by Crippen LogP contribution is 2.27. The Kier molecular flexibility index (Phi) is 4.58. The molecule has 0 spiro atoms. The van der Waals surface area contributed by atoms with E-state index in [-0.39, 0.29) is 22.7 Å². The third-order valence-corrected chi connectivity index (χ3v) is 4.37. The van der Waals surface area contributed by atoms with Crippen LogP contribution in [0.15, 0.2) is 66.7 Å². The molecule has 0 aliphatic rings. The molecule has 0 radical (unpaired) electrons. The number of hydrogen-bond acceptors (Lipinski definition) is 3. The lowest BCUT2D eigenvalue weighted by Gasteiger charge is -2.22. The maximum absolute atomic E-state index is 11.0. The van der Waals surface area contributed by atoms with Crippen LogP contribution in [0, 0.1) is 10.1 Å². The van der Waals surface area contributed by atoms with Crippen molar-refractivity contribution >= 4 is 16.5 Å². The molecule has 0 bridgehead atoms. The van der Waals surface area contributed by atoms with Crippen LogP contribution < -0.4 is 5.32 Å². The van der Waals surface area contributed by atoms with Gasteiger partial charge in [-0.2, -0.15) is 0 Å². The number of nitrogens with zero attached hydrogens (tertiary/aromatic N) is 1. The first-order valence-corrected chi connectivity index (χ1v) is 8.04. The van der Waals surface area contributed by atoms with Gasteiger partial charge in [0.25, 0.3) is 5.69 Å². The van der Waals surface area contributed by atoms with Crippen molar-refractivity contribution in [2.24, 2.45) is 0 Å². The minimum absolute atomic E-state index is 0.0128. The molecule has 24 heavy (non-hydrogen) atoms. The zero-order valence-electron chi connectivity index (χ0n) is 13.8. The Morgan fingerprint density at radius 1 is 0.917 bits per heavy atom. The first-order chi connectivity index (χ1) is 11.6. The number of benzene rings is 3. The molecule has 4 nitrogen and oxygen atoms in total. The first-order valence-electron chi connectivity index (χ1n) is 8.04. The summed E-state index contributed by atoms with van der Waals surface area (Å²) in [6.45, 7) is 4.15. The highest BCUT2D eigenvalue weighted by atomic mass is 16.6. The summed E-state index contributed by atoms with van der Waals surface area (Å²) in [5.41, 5.74) is 2.26. The number of hydrogen-bond donors (Lipinski definition) is 1. The summed E-state index contributed by atoms with van der Waals surface area (Å²) in [5, 5.41) is 16.9. The van der Waals surface area contributed by atoms with Crippen molar-refractivity contribution in [3.63, 3.8) is 0 Å². The minimum Gasteiger partial charge on any atom is -0.304 e. The summed E-state index contributed by atoms with van der Waals surface area (Å²) < 4.78 is 0. The topological polar surface area (TPSA) is 55.2 Å². The van der Waals surface area contributed by atoms with Crippen LogP contribution in [-0.4, -0.2) is 4.92 Å². The van der Waals surface area contributed by atoms with E-state index in [1.54, 1.807) is 12.1 Å². The van der Waals surface area contributed by atoms with Crippen LogP contribution >= 0.6 is 0 Å². The number of nitro groups is 1. The molecule has 0 heterocycles. The van der Waals surface area contributed by atoms with Crippen LogP contribution in [0.1, 0.15) is 37.1 Å². The molecule has 1 N–H and O–H groups in total. The van der Waals surface area contributed by atoms with Gasteiger partial charge in [-0.05, 0) is 35.7 Å². The predicted octanol–water partition coefficient (Wildman–Crippen LogP) is 5.16. The monoisotopic (exact) mass is 320 g/mol. The van der Waals surface area contributed by atoms with E-state index in [0.717, 1.165) is 5.56 Å². The molecule has 0 aliphatic heterocycles. The Labute approximate surface area is 141 Å². The van der Waals surface area contributed by atoms with Gasteiger partial charge in [-0.3, -0.25) is 10.1 Å². The lowest BCUT2D eigenvalue weighted by Crippen LogP contribution is -2.22. The molecule has 0 saturated carbocycles. The third kappa shape index (κ3) is 3.29. The highest BCUT2D eigenvalue weighted by molar-refractivity contribution is 5.86. The summed E-state index contributed by atoms with van der Waals surface area (Å²) in [7, 11) is 0. The molecule has 3 rings (SSSR count). The molecule has 0 aliphatic carbocycles. The average molecular weight is 320 g/mol. The minimum atomic E-state index is -0.357. The van der Waals surface area contributed by atoms with E-state index in [4.69, 9.17) is 0 Å². The molecule has 122 valence electrons. The van der Waals surface area contributed by atoms with Crippen LogP contribution in [0.3, 0.4) is 0 Å². The van der Waals surface area contributed by atoms with E-state index >= 15 is 0 Å². The normalized spacial score (nSPS) is 13.6. The van der Waals surface area contributed by atoms with Crippen LogP contribution in [0.25, 0.3) is 10.8 Å². The second-order valence-corrected chi connectivity index (χ2v) is 6.03. The van der Waals surface area contributed by atoms with Crippen LogP contribution in [0.5, 0.6) is 0 Å². The SMILES string of the molecule is CC(NC(C)c1cccc2ccccc12)c1cccc([N+](=O)[O-])c1. The Balaban J connectivity index is 1.84. The van der Waals surface area contributed by atoms with Gasteiger partial charge in [0.1, 0.15) is 0 Å². The number of rotatable bonds is 5. The van der Waals surface area contributed by atoms with E-state index < -0.39 is 0 Å². The van der Waals surface area contributed by atoms with Crippen molar-refractivity contribution in [2.75, 3.05) is 0 Å². The molecule has 2 atom stereocenters. The van der Waals surface area contributed by atoms with Crippen LogP contribution in [-0.2, 0) is 0 Å². The predicted molar refractivity (Wildman–Crippen MR) is 97.0 cm³/mol. The van der Waals surface area contributed by atoms with Crippen molar-refractivity contribution < 1.29 is 4.92 Å². The van der Waals surface area contributed by atoms with Gasteiger partial charge in [-0.25, -0.2) is 0 Å². The summed E-state index contributed by atoms with van der Waals surface area (Å²) in [4.78, 5) is 10.6. The van der Waals surface area contributed by atoms with Gasteiger partial charge < -0.3 is 5.32 Å². The van der Waals surface area contributed by atoms with E-state index in [9.17, 15) is 10.1 Å². The Morgan fingerprint density at radius 3 is 2.42 bits per heavy atom. The molecule has 0 amide bonds. The number of nitro benzene ring substituents is 1. The third-order valence-electron chi connectivity index (χ3n) is 4.37. The van der Waals surface area contributed by atoms with E-state index in [1.165, 1.54) is 22.4 Å². The van der Waals surface area contributed by atoms with Gasteiger partial charge in [0.2, 0.25) is 0 Å². The van der Waals surface area contributed by atoms with Crippen LogP contribution in [0.4, 0.5) is 5.69 Å². The molecule has 0 aromatic heterocycles. The van der Waals surface area contributed by atoms with Gasteiger partial charge >= 0.3 is 0 Å². The molecular formula is C20H20N2O2. The van der Waals surface area contributed by atoms with Gasteiger partial charge in [0.05, 0.1) is 4.92 Å². The fourth-order valence-electron chi connectivity index (χ4n) is 3.10. The second kappa shape index (κ2) is 6.81. The lowest BCUT2D eigenvalue weighted by atomic mass is 9.98. The smallest absolute Gasteiger partial charge is 0.269 e. The number of nitrogens with one attached hydrogen (secondary N) is 1. The quantitative estimate of drug-likeness (QED) is 0.522. The summed E-state index contributed by atoms with van der Waals surface area (Å²) in [6.07, 6.45) is 0. The first kappa shape index (κ1) is 16.1. The molecule has 3 aromatic carbocycles. The zero-order valence-corrected chi connectivity index (χ0v) is 13.8. The second-order valence-electron chi connectivity index (χ2n) is 6.03. The molecule has 4 heteroatoms. The maximum atomic E-state index is 11.0. The fraction of sp³-hybridized carbons (Fsp3) is 0.200. The van der Waals surface area contributed by atoms with Crippen molar-refractivity contribution in [1.82, 2.24) is 5.32 Å². The van der Waals surface area contributed by atoms with E-state index in [1.807, 2.05) is 25.1 Å². The Morgan fingerprint density at radius 2 is 1.62 bits per heavy atom. The van der Waals surface area contributed by atoms with Crippen molar-refractivity contribution in [3.05, 3.63) is 88.0 Å². The number of non-ortho nitro benzene ring substituents is 1. The van der Waals surface area contributed by atoms with Gasteiger partial charge in [-0.15, -0.1) is 0 Å². The molecule has 0 fully saturated rings. The molecule has 0 saturated heterocycles. The molecule has 3 aromatic rings. The lowest BCUT2D eigenvalue weighted by molar-refractivity contribution is -0.384. The average Bonchev–Trinajstić information content (AvgIpc) is 2.61. The molecule has 2 unspecified atom stereocenters. The zero-order chi connectivity index (χ0) is 17.1. The van der Waals surface area contributed by atoms with Crippen LogP contribution in [0.2, 0.25) is 0 Å².